The first-order chi connectivity index (χ1) is 17.4. The van der Waals surface area contributed by atoms with Gasteiger partial charge in [-0.25, -0.2) is 4.39 Å². The van der Waals surface area contributed by atoms with Gasteiger partial charge in [-0.2, -0.15) is 0 Å². The number of pyridine rings is 1. The maximum Gasteiger partial charge on any atom is 0.308 e. The Morgan fingerprint density at radius 2 is 2.14 bits per heavy atom. The third-order valence-electron chi connectivity index (χ3n) is 6.76. The van der Waals surface area contributed by atoms with E-state index >= 15 is 0 Å². The Hall–Kier alpha value is -3.18. The molecular formula is C28H28ClFN2O4. The van der Waals surface area contributed by atoms with E-state index in [2.05, 4.69) is 16.8 Å². The van der Waals surface area contributed by atoms with Crippen LogP contribution in [0.2, 0.25) is 5.02 Å². The van der Waals surface area contributed by atoms with E-state index in [1.807, 2.05) is 23.1 Å². The molecule has 1 saturated heterocycles. The third-order valence-corrected chi connectivity index (χ3v) is 7.05. The first kappa shape index (κ1) is 25.9. The highest BCUT2D eigenvalue weighted by Crippen LogP contribution is 2.33. The highest BCUT2D eigenvalue weighted by atomic mass is 35.5. The number of aliphatic hydroxyl groups is 1. The molecule has 6 nitrogen and oxygen atoms in total. The molecule has 0 spiro atoms. The molecule has 0 amide bonds. The molecule has 2 aromatic carbocycles. The van der Waals surface area contributed by atoms with Crippen molar-refractivity contribution in [2.24, 2.45) is 11.8 Å². The summed E-state index contributed by atoms with van der Waals surface area (Å²) in [5.74, 6) is 4.77. The Labute approximate surface area is 214 Å². The number of piperidine rings is 1. The smallest absolute Gasteiger partial charge is 0.308 e. The maximum atomic E-state index is 13.3. The lowest BCUT2D eigenvalue weighted by Crippen LogP contribution is -2.44. The number of carbonyl (C=O) groups is 1. The number of aliphatic carboxylic acids is 1. The molecule has 36 heavy (non-hydrogen) atoms. The number of halogens is 2. The Morgan fingerprint density at radius 1 is 1.31 bits per heavy atom. The zero-order chi connectivity index (χ0) is 25.7. The second-order valence-corrected chi connectivity index (χ2v) is 9.44. The zero-order valence-electron chi connectivity index (χ0n) is 20.0. The van der Waals surface area contributed by atoms with Crippen LogP contribution in [0, 0.1) is 29.5 Å². The molecule has 0 unspecified atom stereocenters. The van der Waals surface area contributed by atoms with Gasteiger partial charge in [0.2, 0.25) is 0 Å². The van der Waals surface area contributed by atoms with Gasteiger partial charge in [0.05, 0.1) is 36.2 Å². The standard InChI is InChI=1S/C28H28ClFN2O4/c1-36-20-6-8-26-22(16-20)21(10-12-31-26)27(33)9-5-19-11-14-32(17-23(19)28(34)35)13-2-3-18-4-7-25(30)24(29)15-18/h4,6-8,10,12,15-16,19,23,27,33H,5,9,11,13-14,17H2,1H3,(H,34,35)/t19-,23+,27-/m1/s1. The second-order valence-electron chi connectivity index (χ2n) is 9.04. The number of ether oxygens (including phenoxy) is 1. The quantitative estimate of drug-likeness (QED) is 0.439. The van der Waals surface area contributed by atoms with E-state index < -0.39 is 23.8 Å². The van der Waals surface area contributed by atoms with Gasteiger partial charge in [-0.05, 0) is 79.8 Å². The summed E-state index contributed by atoms with van der Waals surface area (Å²) in [6.07, 6.45) is 2.70. The Bertz CT molecular complexity index is 1310. The number of benzene rings is 2. The first-order valence-electron chi connectivity index (χ1n) is 11.9. The van der Waals surface area contributed by atoms with Crippen molar-refractivity contribution in [3.63, 3.8) is 0 Å². The Kier molecular flexibility index (Phi) is 8.42. The van der Waals surface area contributed by atoms with Crippen molar-refractivity contribution in [2.45, 2.75) is 25.4 Å². The van der Waals surface area contributed by atoms with Crippen molar-refractivity contribution in [1.29, 1.82) is 0 Å². The number of rotatable bonds is 7. The van der Waals surface area contributed by atoms with Crippen molar-refractivity contribution < 1.29 is 24.1 Å². The highest BCUT2D eigenvalue weighted by molar-refractivity contribution is 6.30. The van der Waals surface area contributed by atoms with E-state index in [-0.39, 0.29) is 10.9 Å². The average molecular weight is 511 g/mol. The van der Waals surface area contributed by atoms with Crippen LogP contribution < -0.4 is 4.74 Å². The van der Waals surface area contributed by atoms with Crippen molar-refractivity contribution in [2.75, 3.05) is 26.7 Å². The molecule has 4 rings (SSSR count). The van der Waals surface area contributed by atoms with Crippen LogP contribution in [0.5, 0.6) is 5.75 Å². The van der Waals surface area contributed by atoms with Gasteiger partial charge in [0, 0.05) is 23.7 Å². The molecule has 1 aliphatic heterocycles. The predicted octanol–water partition coefficient (Wildman–Crippen LogP) is 4.92. The normalized spacial score (nSPS) is 18.9. The van der Waals surface area contributed by atoms with Gasteiger partial charge >= 0.3 is 5.97 Å². The number of likely N-dealkylation sites (tertiary alicyclic amines) is 1. The molecule has 3 atom stereocenters. The molecule has 1 aromatic heterocycles. The van der Waals surface area contributed by atoms with E-state index in [1.54, 1.807) is 25.4 Å². The predicted molar refractivity (Wildman–Crippen MR) is 136 cm³/mol. The number of hydrogen-bond acceptors (Lipinski definition) is 5. The van der Waals surface area contributed by atoms with E-state index in [9.17, 15) is 19.4 Å². The van der Waals surface area contributed by atoms with Crippen molar-refractivity contribution in [3.8, 4) is 17.6 Å². The number of fused-ring (bicyclic) bond motifs is 1. The minimum atomic E-state index is -0.837. The topological polar surface area (TPSA) is 82.9 Å². The fraction of sp³-hybridized carbons (Fsp3) is 0.357. The van der Waals surface area contributed by atoms with E-state index in [4.69, 9.17) is 16.3 Å². The SMILES string of the molecule is COc1ccc2nccc([C@H](O)CC[C@@H]3CCN(CC#Cc4ccc(F)c(Cl)c4)C[C@@H]3C(=O)O)c2c1. The van der Waals surface area contributed by atoms with Gasteiger partial charge < -0.3 is 14.9 Å². The largest absolute Gasteiger partial charge is 0.497 e. The van der Waals surface area contributed by atoms with Crippen LogP contribution >= 0.6 is 11.6 Å². The second kappa shape index (κ2) is 11.7. The monoisotopic (exact) mass is 510 g/mol. The van der Waals surface area contributed by atoms with Crippen molar-refractivity contribution in [3.05, 3.63) is 70.6 Å². The van der Waals surface area contributed by atoms with Crippen LogP contribution in [0.25, 0.3) is 10.9 Å². The van der Waals surface area contributed by atoms with Gasteiger partial charge in [-0.15, -0.1) is 0 Å². The summed E-state index contributed by atoms with van der Waals surface area (Å²) in [6.45, 7) is 1.53. The minimum absolute atomic E-state index is 0.0228. The highest BCUT2D eigenvalue weighted by Gasteiger charge is 2.34. The van der Waals surface area contributed by atoms with Gasteiger partial charge in [-0.3, -0.25) is 14.7 Å². The molecule has 0 saturated carbocycles. The van der Waals surface area contributed by atoms with Crippen LogP contribution in [0.1, 0.15) is 36.5 Å². The van der Waals surface area contributed by atoms with Crippen LogP contribution in [-0.2, 0) is 4.79 Å². The summed E-state index contributed by atoms with van der Waals surface area (Å²) in [4.78, 5) is 18.4. The third kappa shape index (κ3) is 6.14. The van der Waals surface area contributed by atoms with Gasteiger partial charge in [0.15, 0.2) is 0 Å². The lowest BCUT2D eigenvalue weighted by molar-refractivity contribution is -0.146. The molecule has 1 aliphatic rings. The van der Waals surface area contributed by atoms with Crippen LogP contribution in [0.15, 0.2) is 48.7 Å². The molecule has 0 radical (unpaired) electrons. The molecule has 8 heteroatoms. The number of carboxylic acids is 1. The summed E-state index contributed by atoms with van der Waals surface area (Å²) in [5.41, 5.74) is 2.15. The molecule has 1 fully saturated rings. The Balaban J connectivity index is 1.37. The number of aromatic nitrogens is 1. The summed E-state index contributed by atoms with van der Waals surface area (Å²) >= 11 is 5.80. The van der Waals surface area contributed by atoms with Gasteiger partial charge in [0.25, 0.3) is 0 Å². The van der Waals surface area contributed by atoms with E-state index in [0.29, 0.717) is 43.7 Å². The zero-order valence-corrected chi connectivity index (χ0v) is 20.7. The fourth-order valence-electron chi connectivity index (χ4n) is 4.76. The summed E-state index contributed by atoms with van der Waals surface area (Å²) < 4.78 is 18.6. The van der Waals surface area contributed by atoms with Crippen LogP contribution in [0.4, 0.5) is 4.39 Å². The molecule has 188 valence electrons. The van der Waals surface area contributed by atoms with Crippen molar-refractivity contribution >= 4 is 28.5 Å². The van der Waals surface area contributed by atoms with E-state index in [1.165, 1.54) is 12.1 Å². The van der Waals surface area contributed by atoms with Gasteiger partial charge in [-0.1, -0.05) is 23.4 Å². The molecule has 3 aromatic rings. The van der Waals surface area contributed by atoms with E-state index in [0.717, 1.165) is 23.0 Å². The van der Waals surface area contributed by atoms with Gasteiger partial charge in [0.1, 0.15) is 11.6 Å². The maximum absolute atomic E-state index is 13.3. The number of carboxylic acid groups (broad SMARTS) is 1. The fourth-order valence-corrected chi connectivity index (χ4v) is 4.94. The number of hydrogen-bond donors (Lipinski definition) is 2. The summed E-state index contributed by atoms with van der Waals surface area (Å²) in [7, 11) is 1.59. The molecule has 0 bridgehead atoms. The summed E-state index contributed by atoms with van der Waals surface area (Å²) in [5, 5.41) is 21.7. The summed E-state index contributed by atoms with van der Waals surface area (Å²) in [6, 6.07) is 11.7. The average Bonchev–Trinajstić information content (AvgIpc) is 2.88. The first-order valence-corrected chi connectivity index (χ1v) is 12.2. The lowest BCUT2D eigenvalue weighted by atomic mass is 9.81. The lowest BCUT2D eigenvalue weighted by Gasteiger charge is -2.36. The number of nitrogens with zero attached hydrogens (tertiary/aromatic N) is 2. The van der Waals surface area contributed by atoms with Crippen molar-refractivity contribution in [1.82, 2.24) is 9.88 Å². The van der Waals surface area contributed by atoms with Crippen LogP contribution in [0.3, 0.4) is 0 Å². The number of methoxy groups -OCH3 is 1. The molecule has 2 heterocycles. The molecular weight excluding hydrogens is 483 g/mol. The van der Waals surface area contributed by atoms with Crippen LogP contribution in [-0.4, -0.2) is 52.8 Å². The molecule has 0 aliphatic carbocycles. The Morgan fingerprint density at radius 3 is 2.89 bits per heavy atom. The minimum Gasteiger partial charge on any atom is -0.497 e. The number of aliphatic hydroxyl groups excluding tert-OH is 1. The molecule has 2 N–H and O–H groups in total.